The molecule has 0 radical (unpaired) electrons. The molecule has 1 amide bonds. The van der Waals surface area contributed by atoms with Crippen LogP contribution in [0.15, 0.2) is 10.7 Å². The van der Waals surface area contributed by atoms with Crippen molar-refractivity contribution in [2.45, 2.75) is 32.8 Å². The third kappa shape index (κ3) is 3.23. The number of nitrogens with one attached hydrogen (secondary N) is 1. The van der Waals surface area contributed by atoms with Crippen LogP contribution in [0.3, 0.4) is 0 Å². The van der Waals surface area contributed by atoms with E-state index in [9.17, 15) is 4.79 Å². The molecule has 3 heterocycles. The molecule has 0 atom stereocenters. The van der Waals surface area contributed by atoms with Crippen molar-refractivity contribution >= 4 is 6.09 Å². The smallest absolute Gasteiger partial charge is 0.410 e. The molecule has 0 saturated carbocycles. The Labute approximate surface area is 127 Å². The van der Waals surface area contributed by atoms with Gasteiger partial charge >= 0.3 is 6.09 Å². The topological polar surface area (TPSA) is 110 Å². The van der Waals surface area contributed by atoms with E-state index in [1.165, 1.54) is 6.20 Å². The van der Waals surface area contributed by atoms with Crippen molar-refractivity contribution in [3.63, 3.8) is 0 Å². The maximum absolute atomic E-state index is 11.8. The Balaban J connectivity index is 1.49. The Bertz CT molecular complexity index is 639. The van der Waals surface area contributed by atoms with Gasteiger partial charge in [-0.2, -0.15) is 20.4 Å². The number of likely N-dealkylation sites (tertiary alicyclic amines) is 1. The first-order valence-corrected chi connectivity index (χ1v) is 7.07. The molecule has 9 heteroatoms. The highest BCUT2D eigenvalue weighted by Crippen LogP contribution is 2.23. The average Bonchev–Trinajstić information content (AvgIpc) is 3.01. The number of H-pyrrole nitrogens is 1. The molecule has 0 spiro atoms. The van der Waals surface area contributed by atoms with Crippen LogP contribution in [0.25, 0.3) is 11.5 Å². The summed E-state index contributed by atoms with van der Waals surface area (Å²) in [6.45, 7) is 6.83. The predicted molar refractivity (Wildman–Crippen MR) is 74.7 cm³/mol. The third-order valence-electron chi connectivity index (χ3n) is 3.18. The summed E-state index contributed by atoms with van der Waals surface area (Å²) < 4.78 is 10.5. The van der Waals surface area contributed by atoms with E-state index in [-0.39, 0.29) is 6.09 Å². The maximum atomic E-state index is 11.8. The molecule has 118 valence electrons. The summed E-state index contributed by atoms with van der Waals surface area (Å²) in [5.74, 6) is 1.25. The summed E-state index contributed by atoms with van der Waals surface area (Å²) in [5.41, 5.74) is 0.0697. The van der Waals surface area contributed by atoms with Crippen LogP contribution >= 0.6 is 0 Å². The summed E-state index contributed by atoms with van der Waals surface area (Å²) in [5, 5.41) is 13.9. The highest BCUT2D eigenvalue weighted by Gasteiger charge is 2.34. The number of nitrogens with zero attached hydrogens (tertiary/aromatic N) is 5. The van der Waals surface area contributed by atoms with Crippen LogP contribution in [-0.2, 0) is 11.2 Å². The average molecular weight is 306 g/mol. The van der Waals surface area contributed by atoms with Gasteiger partial charge in [0.05, 0.1) is 6.20 Å². The second kappa shape index (κ2) is 5.39. The first kappa shape index (κ1) is 14.5. The number of aromatic nitrogens is 5. The fraction of sp³-hybridized carbons (Fsp3) is 0.615. The molecule has 1 fully saturated rings. The molecule has 0 unspecified atom stereocenters. The van der Waals surface area contributed by atoms with Crippen molar-refractivity contribution < 1.29 is 14.1 Å². The molecule has 2 aromatic rings. The van der Waals surface area contributed by atoms with E-state index in [1.54, 1.807) is 4.90 Å². The molecule has 1 N–H and O–H groups in total. The van der Waals surface area contributed by atoms with Crippen LogP contribution in [0.1, 0.15) is 26.7 Å². The van der Waals surface area contributed by atoms with Gasteiger partial charge in [-0.05, 0) is 20.8 Å². The fourth-order valence-electron chi connectivity index (χ4n) is 2.17. The van der Waals surface area contributed by atoms with Gasteiger partial charge in [0.1, 0.15) is 5.60 Å². The molecule has 0 bridgehead atoms. The number of hydrogen-bond acceptors (Lipinski definition) is 7. The normalized spacial score (nSPS) is 15.7. The van der Waals surface area contributed by atoms with Crippen LogP contribution in [0, 0.1) is 5.92 Å². The minimum atomic E-state index is -0.471. The number of amides is 1. The zero-order valence-corrected chi connectivity index (χ0v) is 12.7. The van der Waals surface area contributed by atoms with E-state index in [1.807, 2.05) is 20.8 Å². The lowest BCUT2D eigenvalue weighted by Gasteiger charge is -2.39. The van der Waals surface area contributed by atoms with Gasteiger partial charge in [-0.3, -0.25) is 0 Å². The zero-order valence-electron chi connectivity index (χ0n) is 12.7. The van der Waals surface area contributed by atoms with E-state index in [4.69, 9.17) is 9.26 Å². The monoisotopic (exact) mass is 306 g/mol. The molecule has 0 aliphatic carbocycles. The molecular formula is C13H18N6O3. The molecule has 1 saturated heterocycles. The second-order valence-corrected chi connectivity index (χ2v) is 6.32. The standard InChI is InChI=1S/C13H18N6O3/c1-13(2,3)21-12(20)19-6-8(7-19)4-10-15-11(17-22-10)9-5-14-18-16-9/h5,8H,4,6-7H2,1-3H3,(H,14,16,18). The van der Waals surface area contributed by atoms with Gasteiger partial charge in [0.25, 0.3) is 0 Å². The Morgan fingerprint density at radius 1 is 1.50 bits per heavy atom. The van der Waals surface area contributed by atoms with Crippen LogP contribution in [0.4, 0.5) is 4.79 Å². The Kier molecular flexibility index (Phi) is 3.55. The second-order valence-electron chi connectivity index (χ2n) is 6.32. The summed E-state index contributed by atoms with van der Waals surface area (Å²) in [4.78, 5) is 17.8. The van der Waals surface area contributed by atoms with Gasteiger partial charge in [0, 0.05) is 25.4 Å². The van der Waals surface area contributed by atoms with Crippen LogP contribution < -0.4 is 0 Å². The minimum absolute atomic E-state index is 0.280. The first-order valence-electron chi connectivity index (χ1n) is 7.07. The lowest BCUT2D eigenvalue weighted by atomic mass is 9.97. The lowest BCUT2D eigenvalue weighted by molar-refractivity contribution is -0.00186. The zero-order chi connectivity index (χ0) is 15.7. The summed E-state index contributed by atoms with van der Waals surface area (Å²) in [6.07, 6.45) is 1.88. The third-order valence-corrected chi connectivity index (χ3v) is 3.18. The SMILES string of the molecule is CC(C)(C)OC(=O)N1CC(Cc2nc(-c3cn[nH]n3)no2)C1. The lowest BCUT2D eigenvalue weighted by Crippen LogP contribution is -2.52. The molecular weight excluding hydrogens is 288 g/mol. The fourth-order valence-corrected chi connectivity index (χ4v) is 2.17. The van der Waals surface area contributed by atoms with E-state index >= 15 is 0 Å². The van der Waals surface area contributed by atoms with Gasteiger partial charge in [-0.15, -0.1) is 0 Å². The van der Waals surface area contributed by atoms with Gasteiger partial charge in [0.2, 0.25) is 11.7 Å². The minimum Gasteiger partial charge on any atom is -0.444 e. The van der Waals surface area contributed by atoms with Gasteiger partial charge in [-0.25, -0.2) is 4.79 Å². The van der Waals surface area contributed by atoms with E-state index < -0.39 is 5.60 Å². The number of carbonyl (C=O) groups excluding carboxylic acids is 1. The van der Waals surface area contributed by atoms with E-state index in [0.717, 1.165) is 0 Å². The predicted octanol–water partition coefficient (Wildman–Crippen LogP) is 1.26. The number of aromatic amines is 1. The number of ether oxygens (including phenoxy) is 1. The van der Waals surface area contributed by atoms with Crippen LogP contribution in [0.2, 0.25) is 0 Å². The number of carbonyl (C=O) groups is 1. The number of hydrogen-bond donors (Lipinski definition) is 1. The first-order chi connectivity index (χ1) is 10.4. The van der Waals surface area contributed by atoms with Gasteiger partial charge in [-0.1, -0.05) is 5.16 Å². The molecule has 9 nitrogen and oxygen atoms in total. The van der Waals surface area contributed by atoms with E-state index in [2.05, 4.69) is 25.6 Å². The Hall–Kier alpha value is -2.45. The van der Waals surface area contributed by atoms with Gasteiger partial charge < -0.3 is 14.2 Å². The quantitative estimate of drug-likeness (QED) is 0.908. The summed E-state index contributed by atoms with van der Waals surface area (Å²) in [6, 6.07) is 0. The maximum Gasteiger partial charge on any atom is 0.410 e. The van der Waals surface area contributed by atoms with Crippen molar-refractivity contribution in [3.8, 4) is 11.5 Å². The molecule has 2 aromatic heterocycles. The molecule has 22 heavy (non-hydrogen) atoms. The van der Waals surface area contributed by atoms with Crippen LogP contribution in [-0.4, -0.2) is 55.2 Å². The highest BCUT2D eigenvalue weighted by molar-refractivity contribution is 5.69. The van der Waals surface area contributed by atoms with Crippen molar-refractivity contribution in [1.82, 2.24) is 30.5 Å². The molecule has 1 aliphatic rings. The van der Waals surface area contributed by atoms with Crippen molar-refractivity contribution in [3.05, 3.63) is 12.1 Å². The Morgan fingerprint density at radius 3 is 2.91 bits per heavy atom. The summed E-state index contributed by atoms with van der Waals surface area (Å²) in [7, 11) is 0. The van der Waals surface area contributed by atoms with Crippen LogP contribution in [0.5, 0.6) is 0 Å². The van der Waals surface area contributed by atoms with Crippen molar-refractivity contribution in [1.29, 1.82) is 0 Å². The largest absolute Gasteiger partial charge is 0.444 e. The number of rotatable bonds is 3. The Morgan fingerprint density at radius 2 is 2.27 bits per heavy atom. The van der Waals surface area contributed by atoms with E-state index in [0.29, 0.717) is 42.8 Å². The van der Waals surface area contributed by atoms with Crippen molar-refractivity contribution in [2.24, 2.45) is 5.92 Å². The molecule has 1 aliphatic heterocycles. The highest BCUT2D eigenvalue weighted by atomic mass is 16.6. The molecule has 3 rings (SSSR count). The van der Waals surface area contributed by atoms with Gasteiger partial charge in [0.15, 0.2) is 5.69 Å². The summed E-state index contributed by atoms with van der Waals surface area (Å²) >= 11 is 0. The van der Waals surface area contributed by atoms with Crippen molar-refractivity contribution in [2.75, 3.05) is 13.1 Å². The molecule has 0 aromatic carbocycles.